The van der Waals surface area contributed by atoms with Crippen LogP contribution in [0.1, 0.15) is 46.5 Å². The first kappa shape index (κ1) is 14.9. The summed E-state index contributed by atoms with van der Waals surface area (Å²) in [7, 11) is 0. The topological polar surface area (TPSA) is 55.5 Å². The Kier molecular flexibility index (Phi) is 8.02. The van der Waals surface area contributed by atoms with E-state index in [1.54, 1.807) is 6.92 Å². The zero-order valence-corrected chi connectivity index (χ0v) is 10.5. The van der Waals surface area contributed by atoms with Gasteiger partial charge in [-0.15, -0.1) is 0 Å². The van der Waals surface area contributed by atoms with E-state index in [1.807, 2.05) is 0 Å². The summed E-state index contributed by atoms with van der Waals surface area (Å²) in [5, 5.41) is 8.95. The Labute approximate surface area is 94.0 Å². The number of unbranched alkanes of at least 4 members (excludes halogenated alkanes) is 1. The minimum atomic E-state index is -0.594. The maximum atomic E-state index is 8.95. The summed E-state index contributed by atoms with van der Waals surface area (Å²) in [4.78, 5) is 0. The maximum Gasteiger partial charge on any atom is 0.0666 e. The molecule has 3 nitrogen and oxygen atoms in total. The molecule has 0 rings (SSSR count). The molecule has 0 fully saturated rings. The van der Waals surface area contributed by atoms with Crippen LogP contribution in [0, 0.1) is 5.92 Å². The van der Waals surface area contributed by atoms with Gasteiger partial charge in [0.1, 0.15) is 0 Å². The Hall–Kier alpha value is -0.120. The minimum Gasteiger partial charge on any atom is -0.394 e. The lowest BCUT2D eigenvalue weighted by atomic mass is 10.0. The van der Waals surface area contributed by atoms with Crippen LogP contribution in [0.15, 0.2) is 0 Å². The summed E-state index contributed by atoms with van der Waals surface area (Å²) in [6.07, 6.45) is 4.89. The first-order valence-electron chi connectivity index (χ1n) is 6.03. The molecule has 3 N–H and O–H groups in total. The molecule has 0 aliphatic carbocycles. The highest BCUT2D eigenvalue weighted by atomic mass is 16.5. The third-order valence-corrected chi connectivity index (χ3v) is 2.69. The van der Waals surface area contributed by atoms with Gasteiger partial charge in [0.25, 0.3) is 0 Å². The van der Waals surface area contributed by atoms with Gasteiger partial charge in [0.15, 0.2) is 0 Å². The highest BCUT2D eigenvalue weighted by molar-refractivity contribution is 4.76. The molecule has 0 radical (unpaired) electrons. The molecule has 0 bridgehead atoms. The molecule has 2 unspecified atom stereocenters. The average molecular weight is 217 g/mol. The maximum absolute atomic E-state index is 8.95. The van der Waals surface area contributed by atoms with E-state index in [1.165, 1.54) is 19.3 Å². The standard InChI is InChI=1S/C12H27NO2/c1-4-6-7-11(5-2)8-15-10-12(3,13)9-14/h11,14H,4-10,13H2,1-3H3. The summed E-state index contributed by atoms with van der Waals surface area (Å²) in [6, 6.07) is 0. The molecule has 0 saturated carbocycles. The van der Waals surface area contributed by atoms with Gasteiger partial charge in [-0.1, -0.05) is 33.1 Å². The number of hydrogen-bond acceptors (Lipinski definition) is 3. The predicted octanol–water partition coefficient (Wildman–Crippen LogP) is 1.93. The van der Waals surface area contributed by atoms with Crippen LogP contribution in [-0.2, 0) is 4.74 Å². The Morgan fingerprint density at radius 3 is 2.53 bits per heavy atom. The third-order valence-electron chi connectivity index (χ3n) is 2.69. The molecule has 3 heteroatoms. The SMILES string of the molecule is CCCCC(CC)COCC(C)(N)CO. The van der Waals surface area contributed by atoms with Crippen LogP contribution in [0.2, 0.25) is 0 Å². The van der Waals surface area contributed by atoms with Crippen LogP contribution in [-0.4, -0.2) is 30.5 Å². The van der Waals surface area contributed by atoms with Crippen molar-refractivity contribution < 1.29 is 9.84 Å². The molecule has 0 heterocycles. The highest BCUT2D eigenvalue weighted by Gasteiger charge is 2.17. The molecule has 0 aromatic rings. The van der Waals surface area contributed by atoms with Crippen molar-refractivity contribution in [2.45, 2.75) is 52.0 Å². The van der Waals surface area contributed by atoms with Gasteiger partial charge in [-0.3, -0.25) is 0 Å². The van der Waals surface area contributed by atoms with Crippen molar-refractivity contribution in [1.82, 2.24) is 0 Å². The van der Waals surface area contributed by atoms with Gasteiger partial charge < -0.3 is 15.6 Å². The number of hydrogen-bond donors (Lipinski definition) is 2. The van der Waals surface area contributed by atoms with Crippen molar-refractivity contribution in [2.24, 2.45) is 11.7 Å². The van der Waals surface area contributed by atoms with Crippen LogP contribution in [0.3, 0.4) is 0 Å². The molecule has 92 valence electrons. The normalized spacial score (nSPS) is 17.4. The first-order valence-corrected chi connectivity index (χ1v) is 6.03. The van der Waals surface area contributed by atoms with Crippen molar-refractivity contribution in [1.29, 1.82) is 0 Å². The van der Waals surface area contributed by atoms with E-state index in [9.17, 15) is 0 Å². The second-order valence-corrected chi connectivity index (χ2v) is 4.74. The zero-order chi connectivity index (χ0) is 11.7. The number of ether oxygens (including phenoxy) is 1. The molecule has 0 saturated heterocycles. The fraction of sp³-hybridized carbons (Fsp3) is 1.00. The lowest BCUT2D eigenvalue weighted by Crippen LogP contribution is -2.45. The highest BCUT2D eigenvalue weighted by Crippen LogP contribution is 2.13. The van der Waals surface area contributed by atoms with Crippen LogP contribution in [0.4, 0.5) is 0 Å². The summed E-state index contributed by atoms with van der Waals surface area (Å²) in [5.41, 5.74) is 5.17. The zero-order valence-electron chi connectivity index (χ0n) is 10.5. The Balaban J connectivity index is 3.62. The fourth-order valence-corrected chi connectivity index (χ4v) is 1.40. The summed E-state index contributed by atoms with van der Waals surface area (Å²) in [5.74, 6) is 0.638. The van der Waals surface area contributed by atoms with E-state index in [0.29, 0.717) is 12.5 Å². The largest absolute Gasteiger partial charge is 0.394 e. The first-order chi connectivity index (χ1) is 7.05. The lowest BCUT2D eigenvalue weighted by Gasteiger charge is -2.23. The lowest BCUT2D eigenvalue weighted by molar-refractivity contribution is 0.0405. The third kappa shape index (κ3) is 7.77. The predicted molar refractivity (Wildman–Crippen MR) is 63.8 cm³/mol. The quantitative estimate of drug-likeness (QED) is 0.620. The van der Waals surface area contributed by atoms with Gasteiger partial charge in [-0.2, -0.15) is 0 Å². The number of nitrogens with two attached hydrogens (primary N) is 1. The van der Waals surface area contributed by atoms with Crippen LogP contribution < -0.4 is 5.73 Å². The second-order valence-electron chi connectivity index (χ2n) is 4.74. The monoisotopic (exact) mass is 217 g/mol. The number of aliphatic hydroxyl groups is 1. The molecular weight excluding hydrogens is 190 g/mol. The van der Waals surface area contributed by atoms with Gasteiger partial charge >= 0.3 is 0 Å². The molecule has 0 spiro atoms. The molecule has 0 aliphatic rings. The van der Waals surface area contributed by atoms with Crippen molar-refractivity contribution in [3.05, 3.63) is 0 Å². The van der Waals surface area contributed by atoms with E-state index < -0.39 is 5.54 Å². The van der Waals surface area contributed by atoms with E-state index >= 15 is 0 Å². The summed E-state index contributed by atoms with van der Waals surface area (Å²) in [6.45, 7) is 7.38. The fourth-order valence-electron chi connectivity index (χ4n) is 1.40. The van der Waals surface area contributed by atoms with Gasteiger partial charge in [0.05, 0.1) is 18.8 Å². The Morgan fingerprint density at radius 1 is 1.40 bits per heavy atom. The molecule has 0 aliphatic heterocycles. The van der Waals surface area contributed by atoms with Crippen molar-refractivity contribution in [2.75, 3.05) is 19.8 Å². The van der Waals surface area contributed by atoms with Crippen molar-refractivity contribution in [3.8, 4) is 0 Å². The summed E-state index contributed by atoms with van der Waals surface area (Å²) < 4.78 is 5.55. The Bertz CT molecular complexity index is 149. The Morgan fingerprint density at radius 2 is 2.07 bits per heavy atom. The van der Waals surface area contributed by atoms with Crippen molar-refractivity contribution in [3.63, 3.8) is 0 Å². The van der Waals surface area contributed by atoms with Crippen LogP contribution in [0.25, 0.3) is 0 Å². The van der Waals surface area contributed by atoms with Gasteiger partial charge in [-0.05, 0) is 19.3 Å². The van der Waals surface area contributed by atoms with Gasteiger partial charge in [-0.25, -0.2) is 0 Å². The second kappa shape index (κ2) is 8.08. The number of aliphatic hydroxyl groups excluding tert-OH is 1. The molecule has 0 aromatic heterocycles. The van der Waals surface area contributed by atoms with Crippen LogP contribution >= 0.6 is 0 Å². The number of rotatable bonds is 9. The molecule has 0 aromatic carbocycles. The molecule has 15 heavy (non-hydrogen) atoms. The van der Waals surface area contributed by atoms with E-state index in [4.69, 9.17) is 15.6 Å². The van der Waals surface area contributed by atoms with Gasteiger partial charge in [0, 0.05) is 6.61 Å². The van der Waals surface area contributed by atoms with E-state index in [-0.39, 0.29) is 6.61 Å². The van der Waals surface area contributed by atoms with Crippen molar-refractivity contribution >= 4 is 0 Å². The minimum absolute atomic E-state index is 0.0290. The molecule has 2 atom stereocenters. The van der Waals surface area contributed by atoms with Gasteiger partial charge in [0.2, 0.25) is 0 Å². The summed E-state index contributed by atoms with van der Waals surface area (Å²) >= 11 is 0. The van der Waals surface area contributed by atoms with Crippen LogP contribution in [0.5, 0.6) is 0 Å². The van der Waals surface area contributed by atoms with E-state index in [2.05, 4.69) is 13.8 Å². The molecular formula is C12H27NO2. The smallest absolute Gasteiger partial charge is 0.0666 e. The van der Waals surface area contributed by atoms with E-state index in [0.717, 1.165) is 13.0 Å². The average Bonchev–Trinajstić information content (AvgIpc) is 2.23. The molecule has 0 amide bonds.